The molecule has 0 aliphatic rings. The summed E-state index contributed by atoms with van der Waals surface area (Å²) in [5, 5.41) is 4.52. The first kappa shape index (κ1) is 21.0. The monoisotopic (exact) mass is 476 g/mol. The molecule has 3 aromatic heterocycles. The molecule has 0 saturated heterocycles. The van der Waals surface area contributed by atoms with Gasteiger partial charge in [-0.25, -0.2) is 13.4 Å². The fraction of sp³-hybridized carbons (Fsp3) is 0.0435. The summed E-state index contributed by atoms with van der Waals surface area (Å²) in [6.07, 6.45) is 8.44. The molecule has 0 aliphatic carbocycles. The predicted molar refractivity (Wildman–Crippen MR) is 127 cm³/mol. The maximum Gasteiger partial charge on any atom is 0.261 e. The van der Waals surface area contributed by atoms with Crippen LogP contribution in [0.3, 0.4) is 0 Å². The van der Waals surface area contributed by atoms with E-state index in [0.29, 0.717) is 21.9 Å². The highest BCUT2D eigenvalue weighted by atomic mass is 35.5. The zero-order valence-corrected chi connectivity index (χ0v) is 18.9. The maximum atomic E-state index is 12.7. The van der Waals surface area contributed by atoms with Crippen molar-refractivity contribution in [2.45, 2.75) is 4.90 Å². The second-order valence-electron chi connectivity index (χ2n) is 7.39. The Morgan fingerprint density at radius 2 is 1.79 bits per heavy atom. The van der Waals surface area contributed by atoms with Gasteiger partial charge in [-0.05, 0) is 42.0 Å². The lowest BCUT2D eigenvalue weighted by Gasteiger charge is -2.10. The Labute approximate surface area is 195 Å². The average Bonchev–Trinajstić information content (AvgIpc) is 3.24. The number of rotatable bonds is 5. The van der Waals surface area contributed by atoms with Gasteiger partial charge in [0, 0.05) is 35.6 Å². The van der Waals surface area contributed by atoms with E-state index in [-0.39, 0.29) is 4.90 Å². The first-order valence-corrected chi connectivity index (χ1v) is 11.7. The molecule has 2 aromatic carbocycles. The lowest BCUT2D eigenvalue weighted by Crippen LogP contribution is -2.13. The molecule has 0 saturated carbocycles. The van der Waals surface area contributed by atoms with Gasteiger partial charge in [0.25, 0.3) is 10.0 Å². The third-order valence-electron chi connectivity index (χ3n) is 4.97. The van der Waals surface area contributed by atoms with Crippen LogP contribution in [0.1, 0.15) is 0 Å². The van der Waals surface area contributed by atoms with E-state index in [0.717, 1.165) is 22.2 Å². The van der Waals surface area contributed by atoms with Gasteiger partial charge in [-0.15, -0.1) is 0 Å². The highest BCUT2D eigenvalue weighted by Gasteiger charge is 2.15. The molecule has 10 heteroatoms. The fourth-order valence-corrected chi connectivity index (χ4v) is 4.72. The molecule has 5 aromatic rings. The normalized spacial score (nSPS) is 11.6. The standard InChI is InChI=1S/C23H17ClN6O2S/c1-30-14-17(11-27-30)23-13-26-21-6-5-15(8-22(21)28-23)16-7-19(12-25-10-16)29-33(31,32)20-4-2-3-18(24)9-20/h2-14,29H,1H3. The zero-order valence-electron chi connectivity index (χ0n) is 17.3. The van der Waals surface area contributed by atoms with Crippen molar-refractivity contribution in [1.29, 1.82) is 0 Å². The van der Waals surface area contributed by atoms with Crippen molar-refractivity contribution in [3.63, 3.8) is 0 Å². The van der Waals surface area contributed by atoms with Crippen molar-refractivity contribution in [3.8, 4) is 22.4 Å². The number of hydrogen-bond acceptors (Lipinski definition) is 6. The van der Waals surface area contributed by atoms with Crippen LogP contribution in [0.15, 0.2) is 84.4 Å². The van der Waals surface area contributed by atoms with Crippen molar-refractivity contribution in [2.24, 2.45) is 7.05 Å². The molecular weight excluding hydrogens is 460 g/mol. The van der Waals surface area contributed by atoms with Gasteiger partial charge in [0.15, 0.2) is 0 Å². The van der Waals surface area contributed by atoms with Crippen molar-refractivity contribution in [3.05, 3.63) is 84.5 Å². The van der Waals surface area contributed by atoms with E-state index in [1.54, 1.807) is 41.5 Å². The second kappa shape index (κ2) is 8.27. The quantitative estimate of drug-likeness (QED) is 0.399. The molecule has 1 N–H and O–H groups in total. The summed E-state index contributed by atoms with van der Waals surface area (Å²) >= 11 is 5.94. The molecule has 3 heterocycles. The number of aromatic nitrogens is 5. The van der Waals surface area contributed by atoms with E-state index in [1.807, 2.05) is 31.4 Å². The van der Waals surface area contributed by atoms with Crippen LogP contribution in [0.4, 0.5) is 5.69 Å². The SMILES string of the molecule is Cn1cc(-c2cnc3ccc(-c4cncc(NS(=O)(=O)c5cccc(Cl)c5)c4)cc3n2)cn1. The van der Waals surface area contributed by atoms with Crippen LogP contribution < -0.4 is 4.72 Å². The Balaban J connectivity index is 1.48. The van der Waals surface area contributed by atoms with Crippen molar-refractivity contribution in [2.75, 3.05) is 4.72 Å². The first-order chi connectivity index (χ1) is 15.9. The minimum absolute atomic E-state index is 0.0734. The van der Waals surface area contributed by atoms with Crippen LogP contribution in [0.2, 0.25) is 5.02 Å². The van der Waals surface area contributed by atoms with Crippen molar-refractivity contribution in [1.82, 2.24) is 24.7 Å². The smallest absolute Gasteiger partial charge is 0.261 e. The minimum atomic E-state index is -3.81. The van der Waals surface area contributed by atoms with Crippen LogP contribution in [0.25, 0.3) is 33.4 Å². The highest BCUT2D eigenvalue weighted by Crippen LogP contribution is 2.27. The van der Waals surface area contributed by atoms with Crippen LogP contribution in [0, 0.1) is 0 Å². The Morgan fingerprint density at radius 1 is 0.909 bits per heavy atom. The van der Waals surface area contributed by atoms with Crippen molar-refractivity contribution >= 4 is 38.3 Å². The van der Waals surface area contributed by atoms with Gasteiger partial charge in [-0.3, -0.25) is 19.4 Å². The van der Waals surface area contributed by atoms with E-state index in [2.05, 4.69) is 19.8 Å². The van der Waals surface area contributed by atoms with Gasteiger partial charge < -0.3 is 0 Å². The third kappa shape index (κ3) is 4.41. The van der Waals surface area contributed by atoms with E-state index in [1.165, 1.54) is 18.3 Å². The molecule has 8 nitrogen and oxygen atoms in total. The average molecular weight is 477 g/mol. The number of anilines is 1. The fourth-order valence-electron chi connectivity index (χ4n) is 3.39. The zero-order chi connectivity index (χ0) is 23.0. The predicted octanol–water partition coefficient (Wildman–Crippen LogP) is 4.55. The Hall–Kier alpha value is -3.82. The number of nitrogens with one attached hydrogen (secondary N) is 1. The number of benzene rings is 2. The molecular formula is C23H17ClN6O2S. The Bertz CT molecular complexity index is 1600. The van der Waals surface area contributed by atoms with Gasteiger partial charge in [-0.1, -0.05) is 23.7 Å². The topological polar surface area (TPSA) is 103 Å². The lowest BCUT2D eigenvalue weighted by molar-refractivity contribution is 0.601. The van der Waals surface area contributed by atoms with E-state index in [9.17, 15) is 8.42 Å². The number of pyridine rings is 1. The third-order valence-corrected chi connectivity index (χ3v) is 6.59. The Morgan fingerprint density at radius 3 is 2.58 bits per heavy atom. The molecule has 0 amide bonds. The largest absolute Gasteiger partial charge is 0.278 e. The van der Waals surface area contributed by atoms with Crippen LogP contribution >= 0.6 is 11.6 Å². The molecule has 164 valence electrons. The molecule has 0 fully saturated rings. The van der Waals surface area contributed by atoms with Gasteiger partial charge in [0.05, 0.1) is 45.9 Å². The van der Waals surface area contributed by atoms with Gasteiger partial charge in [-0.2, -0.15) is 5.10 Å². The van der Waals surface area contributed by atoms with Crippen LogP contribution in [-0.2, 0) is 17.1 Å². The summed E-state index contributed by atoms with van der Waals surface area (Å²) in [5.74, 6) is 0. The number of fused-ring (bicyclic) bond motifs is 1. The molecule has 0 atom stereocenters. The summed E-state index contributed by atoms with van der Waals surface area (Å²) in [4.78, 5) is 13.5. The molecule has 0 spiro atoms. The lowest BCUT2D eigenvalue weighted by atomic mass is 10.1. The number of nitrogens with zero attached hydrogens (tertiary/aromatic N) is 5. The van der Waals surface area contributed by atoms with Gasteiger partial charge in [0.1, 0.15) is 0 Å². The van der Waals surface area contributed by atoms with E-state index < -0.39 is 10.0 Å². The highest BCUT2D eigenvalue weighted by molar-refractivity contribution is 7.92. The summed E-state index contributed by atoms with van der Waals surface area (Å²) in [6, 6.07) is 13.5. The number of halogens is 1. The molecule has 0 bridgehead atoms. The second-order valence-corrected chi connectivity index (χ2v) is 9.51. The number of aryl methyl sites for hydroxylation is 1. The minimum Gasteiger partial charge on any atom is -0.278 e. The van der Waals surface area contributed by atoms with Crippen molar-refractivity contribution < 1.29 is 8.42 Å². The maximum absolute atomic E-state index is 12.7. The van der Waals surface area contributed by atoms with Crippen LogP contribution in [0.5, 0.6) is 0 Å². The summed E-state index contributed by atoms with van der Waals surface area (Å²) < 4.78 is 29.7. The molecule has 5 rings (SSSR count). The summed E-state index contributed by atoms with van der Waals surface area (Å²) in [7, 11) is -1.96. The molecule has 0 aliphatic heterocycles. The van der Waals surface area contributed by atoms with Crippen LogP contribution in [-0.4, -0.2) is 33.2 Å². The first-order valence-electron chi connectivity index (χ1n) is 9.87. The molecule has 0 unspecified atom stereocenters. The number of sulfonamides is 1. The van der Waals surface area contributed by atoms with E-state index in [4.69, 9.17) is 16.6 Å². The summed E-state index contributed by atoms with van der Waals surface area (Å²) in [6.45, 7) is 0. The van der Waals surface area contributed by atoms with Gasteiger partial charge in [0.2, 0.25) is 0 Å². The van der Waals surface area contributed by atoms with Gasteiger partial charge >= 0.3 is 0 Å². The molecule has 0 radical (unpaired) electrons. The Kier molecular flexibility index (Phi) is 5.27. The summed E-state index contributed by atoms with van der Waals surface area (Å²) in [5.41, 5.74) is 4.94. The van der Waals surface area contributed by atoms with E-state index >= 15 is 0 Å². The number of hydrogen-bond donors (Lipinski definition) is 1. The molecule has 33 heavy (non-hydrogen) atoms.